The lowest BCUT2D eigenvalue weighted by molar-refractivity contribution is -0.135. The maximum absolute atomic E-state index is 12.7. The van der Waals surface area contributed by atoms with E-state index in [1.54, 1.807) is 13.2 Å². The molecule has 0 spiro atoms. The van der Waals surface area contributed by atoms with Crippen LogP contribution in [0, 0.1) is 22.7 Å². The Kier molecular flexibility index (Phi) is 4.38. The van der Waals surface area contributed by atoms with Crippen LogP contribution in [-0.4, -0.2) is 26.0 Å². The summed E-state index contributed by atoms with van der Waals surface area (Å²) in [6, 6.07) is 7.93. The van der Waals surface area contributed by atoms with E-state index in [0.29, 0.717) is 29.7 Å². The fourth-order valence-electron chi connectivity index (χ4n) is 4.15. The number of methoxy groups -OCH3 is 2. The Morgan fingerprint density at radius 3 is 2.76 bits per heavy atom. The van der Waals surface area contributed by atoms with Crippen molar-refractivity contribution in [2.45, 2.75) is 32.1 Å². The van der Waals surface area contributed by atoms with Crippen LogP contribution in [0.1, 0.15) is 48.0 Å². The first-order valence-corrected chi connectivity index (χ1v) is 8.36. The van der Waals surface area contributed by atoms with Crippen molar-refractivity contribution in [1.82, 2.24) is 0 Å². The Morgan fingerprint density at radius 1 is 1.36 bits per heavy atom. The van der Waals surface area contributed by atoms with Crippen molar-refractivity contribution in [1.29, 1.82) is 5.26 Å². The second-order valence-electron chi connectivity index (χ2n) is 6.90. The summed E-state index contributed by atoms with van der Waals surface area (Å²) in [5, 5.41) is 9.68. The van der Waals surface area contributed by atoms with E-state index in [9.17, 15) is 14.9 Å². The van der Waals surface area contributed by atoms with Gasteiger partial charge in [0.2, 0.25) is 0 Å². The molecule has 0 bridgehead atoms. The van der Waals surface area contributed by atoms with E-state index >= 15 is 0 Å². The zero-order valence-corrected chi connectivity index (χ0v) is 14.7. The number of fused-ring (bicyclic) bond motifs is 3. The highest BCUT2D eigenvalue weighted by Gasteiger charge is 2.47. The molecule has 0 amide bonds. The minimum absolute atomic E-state index is 0.0214. The number of hydrogen-bond donors (Lipinski definition) is 0. The van der Waals surface area contributed by atoms with Crippen LogP contribution in [0.25, 0.3) is 0 Å². The van der Waals surface area contributed by atoms with Crippen LogP contribution in [0.2, 0.25) is 0 Å². The molecule has 5 nitrogen and oxygen atoms in total. The highest BCUT2D eigenvalue weighted by molar-refractivity contribution is 6.00. The maximum Gasteiger partial charge on any atom is 0.330 e. The number of rotatable bonds is 2. The molecule has 5 heteroatoms. The Bertz CT molecular complexity index is 804. The molecular formula is C20H21NO4. The van der Waals surface area contributed by atoms with Crippen molar-refractivity contribution >= 4 is 11.8 Å². The molecule has 1 aromatic rings. The van der Waals surface area contributed by atoms with Crippen molar-refractivity contribution < 1.29 is 19.1 Å². The third kappa shape index (κ3) is 2.82. The zero-order valence-electron chi connectivity index (χ0n) is 14.7. The van der Waals surface area contributed by atoms with Crippen molar-refractivity contribution in [3.8, 4) is 11.8 Å². The summed E-state index contributed by atoms with van der Waals surface area (Å²) in [6.07, 6.45) is 3.17. The molecule has 2 aliphatic carbocycles. The summed E-state index contributed by atoms with van der Waals surface area (Å²) < 4.78 is 10.0. The van der Waals surface area contributed by atoms with Crippen LogP contribution in [0.5, 0.6) is 5.75 Å². The molecule has 25 heavy (non-hydrogen) atoms. The molecule has 0 saturated heterocycles. The Morgan fingerprint density at radius 2 is 2.12 bits per heavy atom. The zero-order chi connectivity index (χ0) is 18.2. The lowest BCUT2D eigenvalue weighted by Crippen LogP contribution is -2.37. The standard InChI is InChI=1S/C20H21NO4/c1-20(11-21)7-6-14-13-5-4-12(24-2)8-16(13)18(22)9-15(14)17(20)10-19(23)25-3/h4-5,8,10,14-15H,6-7,9H2,1-3H3/b17-10+/t14-,15-,20-/m1/s1. The number of benzene rings is 1. The molecule has 0 unspecified atom stereocenters. The Balaban J connectivity index is 2.10. The molecule has 3 atom stereocenters. The van der Waals surface area contributed by atoms with Crippen molar-refractivity contribution in [2.75, 3.05) is 14.2 Å². The highest BCUT2D eigenvalue weighted by atomic mass is 16.5. The Hall–Kier alpha value is -2.61. The van der Waals surface area contributed by atoms with Crippen LogP contribution in [0.15, 0.2) is 29.8 Å². The SMILES string of the molecule is COC(=O)/C=C1\[C@@H]2CC(=O)c3cc(OC)ccc3[C@H]2CC[C@]1(C)C#N. The van der Waals surface area contributed by atoms with E-state index in [-0.39, 0.29) is 17.6 Å². The third-order valence-corrected chi connectivity index (χ3v) is 5.56. The number of hydrogen-bond acceptors (Lipinski definition) is 5. The molecule has 0 radical (unpaired) electrons. The molecule has 0 heterocycles. The first kappa shape index (κ1) is 17.2. The minimum Gasteiger partial charge on any atom is -0.497 e. The molecule has 3 rings (SSSR count). The van der Waals surface area contributed by atoms with Gasteiger partial charge >= 0.3 is 5.97 Å². The summed E-state index contributed by atoms with van der Waals surface area (Å²) in [5.74, 6) is 0.175. The second kappa shape index (κ2) is 6.36. The van der Waals surface area contributed by atoms with E-state index in [1.807, 2.05) is 19.1 Å². The van der Waals surface area contributed by atoms with Gasteiger partial charge in [0.05, 0.1) is 25.7 Å². The van der Waals surface area contributed by atoms with Gasteiger partial charge in [-0.25, -0.2) is 4.79 Å². The highest BCUT2D eigenvalue weighted by Crippen LogP contribution is 2.54. The maximum atomic E-state index is 12.7. The molecule has 0 aliphatic heterocycles. The average Bonchev–Trinajstić information content (AvgIpc) is 2.63. The molecule has 0 N–H and O–H groups in total. The fraction of sp³-hybridized carbons (Fsp3) is 0.450. The summed E-state index contributed by atoms with van der Waals surface area (Å²) in [4.78, 5) is 24.6. The van der Waals surface area contributed by atoms with E-state index in [0.717, 1.165) is 12.0 Å². The predicted octanol–water partition coefficient (Wildman–Crippen LogP) is 3.40. The summed E-state index contributed by atoms with van der Waals surface area (Å²) in [7, 11) is 2.89. The van der Waals surface area contributed by atoms with E-state index in [2.05, 4.69) is 6.07 Å². The van der Waals surface area contributed by atoms with Crippen molar-refractivity contribution in [3.05, 3.63) is 41.0 Å². The number of nitriles is 1. The second-order valence-corrected chi connectivity index (χ2v) is 6.90. The number of Topliss-reactive ketones (excluding diaryl/α,β-unsaturated/α-hetero) is 1. The van der Waals surface area contributed by atoms with Crippen LogP contribution in [0.3, 0.4) is 0 Å². The van der Waals surface area contributed by atoms with Crippen molar-refractivity contribution in [2.24, 2.45) is 11.3 Å². The van der Waals surface area contributed by atoms with Gasteiger partial charge in [0.1, 0.15) is 5.75 Å². The van der Waals surface area contributed by atoms with Crippen LogP contribution in [-0.2, 0) is 9.53 Å². The summed E-state index contributed by atoms with van der Waals surface area (Å²) in [6.45, 7) is 1.84. The number of allylic oxidation sites excluding steroid dienone is 1. The van der Waals surface area contributed by atoms with E-state index in [1.165, 1.54) is 13.2 Å². The molecular weight excluding hydrogens is 318 g/mol. The van der Waals surface area contributed by atoms with Crippen LogP contribution >= 0.6 is 0 Å². The van der Waals surface area contributed by atoms with Gasteiger partial charge in [-0.2, -0.15) is 5.26 Å². The number of ketones is 1. The lowest BCUT2D eigenvalue weighted by atomic mass is 9.58. The summed E-state index contributed by atoms with van der Waals surface area (Å²) >= 11 is 0. The first-order valence-electron chi connectivity index (χ1n) is 8.36. The molecule has 1 aromatic carbocycles. The van der Waals surface area contributed by atoms with Gasteiger partial charge in [-0.3, -0.25) is 4.79 Å². The van der Waals surface area contributed by atoms with Crippen LogP contribution < -0.4 is 4.74 Å². The number of carbonyl (C=O) groups is 2. The smallest absolute Gasteiger partial charge is 0.330 e. The van der Waals surface area contributed by atoms with E-state index < -0.39 is 11.4 Å². The van der Waals surface area contributed by atoms with Gasteiger partial charge in [-0.1, -0.05) is 6.07 Å². The number of esters is 1. The molecule has 1 saturated carbocycles. The van der Waals surface area contributed by atoms with Crippen LogP contribution in [0.4, 0.5) is 0 Å². The largest absolute Gasteiger partial charge is 0.497 e. The number of carbonyl (C=O) groups excluding carboxylic acids is 2. The Labute approximate surface area is 147 Å². The molecule has 0 aromatic heterocycles. The average molecular weight is 339 g/mol. The van der Waals surface area contributed by atoms with E-state index in [4.69, 9.17) is 9.47 Å². The fourth-order valence-corrected chi connectivity index (χ4v) is 4.15. The van der Waals surface area contributed by atoms with Gasteiger partial charge in [0, 0.05) is 18.1 Å². The molecule has 1 fully saturated rings. The number of ether oxygens (including phenoxy) is 2. The molecule has 130 valence electrons. The topological polar surface area (TPSA) is 76.4 Å². The van der Waals surface area contributed by atoms with Gasteiger partial charge in [-0.15, -0.1) is 0 Å². The number of nitrogens with zero attached hydrogens (tertiary/aromatic N) is 1. The predicted molar refractivity (Wildman–Crippen MR) is 91.2 cm³/mol. The van der Waals surface area contributed by atoms with Gasteiger partial charge in [-0.05, 0) is 54.9 Å². The normalized spacial score (nSPS) is 29.4. The molecule has 2 aliphatic rings. The van der Waals surface area contributed by atoms with Gasteiger partial charge in [0.15, 0.2) is 5.78 Å². The third-order valence-electron chi connectivity index (χ3n) is 5.56. The monoisotopic (exact) mass is 339 g/mol. The first-order chi connectivity index (χ1) is 11.9. The minimum atomic E-state index is -0.750. The van der Waals surface area contributed by atoms with Crippen molar-refractivity contribution in [3.63, 3.8) is 0 Å². The quantitative estimate of drug-likeness (QED) is 0.609. The lowest BCUT2D eigenvalue weighted by Gasteiger charge is -2.44. The van der Waals surface area contributed by atoms with Gasteiger partial charge < -0.3 is 9.47 Å². The van der Waals surface area contributed by atoms with Gasteiger partial charge in [0.25, 0.3) is 0 Å². The summed E-state index contributed by atoms with van der Waals surface area (Å²) in [5.41, 5.74) is 1.64.